The highest BCUT2D eigenvalue weighted by atomic mass is 35.5. The predicted molar refractivity (Wildman–Crippen MR) is 76.9 cm³/mol. The fraction of sp³-hybridized carbons (Fsp3) is 0.0714. The molecule has 2 aromatic carbocycles. The molecule has 0 amide bonds. The van der Waals surface area contributed by atoms with Crippen molar-refractivity contribution in [3.63, 3.8) is 0 Å². The molecule has 0 saturated heterocycles. The largest absolute Gasteiger partial charge is 0.479 e. The minimum absolute atomic E-state index is 0.0252. The number of carboxylic acids is 1. The number of benzene rings is 2. The molecule has 0 heterocycles. The van der Waals surface area contributed by atoms with Gasteiger partial charge in [-0.15, -0.1) is 0 Å². The average molecular weight is 314 g/mol. The van der Waals surface area contributed by atoms with Crippen LogP contribution in [0.2, 0.25) is 10.0 Å². The van der Waals surface area contributed by atoms with Crippen LogP contribution in [0.5, 0.6) is 0 Å². The number of halogens is 3. The summed E-state index contributed by atoms with van der Waals surface area (Å²) in [6.07, 6.45) is 0. The van der Waals surface area contributed by atoms with Gasteiger partial charge in [-0.05, 0) is 17.7 Å². The highest BCUT2D eigenvalue weighted by Gasteiger charge is 2.22. The molecule has 0 aliphatic rings. The minimum Gasteiger partial charge on any atom is -0.479 e. The quantitative estimate of drug-likeness (QED) is 0.881. The monoisotopic (exact) mass is 313 g/mol. The number of hydrogen-bond acceptors (Lipinski definition) is 2. The molecule has 0 radical (unpaired) electrons. The summed E-state index contributed by atoms with van der Waals surface area (Å²) in [4.78, 5) is 11.4. The van der Waals surface area contributed by atoms with Gasteiger partial charge in [-0.2, -0.15) is 0 Å². The van der Waals surface area contributed by atoms with E-state index in [1.165, 1.54) is 0 Å². The van der Waals surface area contributed by atoms with Gasteiger partial charge in [-0.3, -0.25) is 0 Å². The van der Waals surface area contributed by atoms with Crippen molar-refractivity contribution in [2.24, 2.45) is 0 Å². The Balaban J connectivity index is 2.38. The van der Waals surface area contributed by atoms with E-state index in [1.54, 1.807) is 30.3 Å². The van der Waals surface area contributed by atoms with E-state index in [2.05, 4.69) is 5.32 Å². The van der Waals surface area contributed by atoms with E-state index < -0.39 is 17.8 Å². The number of hydrogen-bond donors (Lipinski definition) is 2. The summed E-state index contributed by atoms with van der Waals surface area (Å²) in [6.45, 7) is 0. The molecule has 6 heteroatoms. The van der Waals surface area contributed by atoms with Crippen molar-refractivity contribution < 1.29 is 14.3 Å². The molecule has 0 spiro atoms. The highest BCUT2D eigenvalue weighted by molar-refractivity contribution is 6.39. The molecule has 0 aliphatic heterocycles. The third-order valence-corrected chi connectivity index (χ3v) is 3.27. The van der Waals surface area contributed by atoms with Crippen molar-refractivity contribution in [1.29, 1.82) is 0 Å². The predicted octanol–water partition coefficient (Wildman–Crippen LogP) is 4.37. The molecule has 2 rings (SSSR count). The van der Waals surface area contributed by atoms with Gasteiger partial charge >= 0.3 is 5.97 Å². The number of rotatable bonds is 4. The Morgan fingerprint density at radius 2 is 1.70 bits per heavy atom. The van der Waals surface area contributed by atoms with Crippen molar-refractivity contribution in [2.75, 3.05) is 5.32 Å². The van der Waals surface area contributed by atoms with Crippen LogP contribution in [0.1, 0.15) is 11.6 Å². The Morgan fingerprint density at radius 3 is 2.20 bits per heavy atom. The Kier molecular flexibility index (Phi) is 4.47. The Bertz CT molecular complexity index is 611. The maximum absolute atomic E-state index is 13.1. The molecule has 0 bridgehead atoms. The number of anilines is 1. The Hall–Kier alpha value is -1.78. The molecule has 1 atom stereocenters. The normalized spacial score (nSPS) is 11.9. The summed E-state index contributed by atoms with van der Waals surface area (Å²) in [5, 5.41) is 12.1. The average Bonchev–Trinajstić information content (AvgIpc) is 2.38. The van der Waals surface area contributed by atoms with Crippen molar-refractivity contribution in [3.05, 3.63) is 63.9 Å². The van der Waals surface area contributed by atoms with Crippen molar-refractivity contribution in [1.82, 2.24) is 0 Å². The third-order valence-electron chi connectivity index (χ3n) is 2.68. The zero-order valence-electron chi connectivity index (χ0n) is 10.1. The summed E-state index contributed by atoms with van der Waals surface area (Å²) in [5.41, 5.74) is 0.724. The van der Waals surface area contributed by atoms with Crippen LogP contribution in [-0.4, -0.2) is 11.1 Å². The summed E-state index contributed by atoms with van der Waals surface area (Å²) in [5.74, 6) is -1.68. The van der Waals surface area contributed by atoms with Gasteiger partial charge in [0.2, 0.25) is 0 Å². The molecule has 2 N–H and O–H groups in total. The number of carboxylic acid groups (broad SMARTS) is 1. The van der Waals surface area contributed by atoms with Crippen LogP contribution < -0.4 is 5.32 Å². The van der Waals surface area contributed by atoms with Crippen LogP contribution in [0.25, 0.3) is 0 Å². The van der Waals surface area contributed by atoms with Gasteiger partial charge in [0, 0.05) is 0 Å². The lowest BCUT2D eigenvalue weighted by atomic mass is 10.1. The molecule has 0 aliphatic carbocycles. The molecule has 0 saturated carbocycles. The van der Waals surface area contributed by atoms with Crippen LogP contribution in [0.3, 0.4) is 0 Å². The van der Waals surface area contributed by atoms with E-state index in [9.17, 15) is 14.3 Å². The number of aliphatic carboxylic acids is 1. The molecule has 2 aromatic rings. The first-order valence-corrected chi connectivity index (χ1v) is 6.43. The lowest BCUT2D eigenvalue weighted by Crippen LogP contribution is -2.20. The third kappa shape index (κ3) is 3.21. The summed E-state index contributed by atoms with van der Waals surface area (Å²) >= 11 is 11.8. The molecule has 20 heavy (non-hydrogen) atoms. The molecule has 3 nitrogen and oxygen atoms in total. The number of carbonyl (C=O) groups is 1. The van der Waals surface area contributed by atoms with E-state index >= 15 is 0 Å². The van der Waals surface area contributed by atoms with Crippen LogP contribution in [0, 0.1) is 5.82 Å². The SMILES string of the molecule is O=C(O)C(Nc1c(Cl)cc(F)cc1Cl)c1ccccc1. The molecular formula is C14H10Cl2FNO2. The lowest BCUT2D eigenvalue weighted by molar-refractivity contribution is -0.138. The first kappa shape index (κ1) is 14.6. The lowest BCUT2D eigenvalue weighted by Gasteiger charge is -2.18. The van der Waals surface area contributed by atoms with E-state index in [-0.39, 0.29) is 15.7 Å². The molecule has 1 unspecified atom stereocenters. The summed E-state index contributed by atoms with van der Waals surface area (Å²) in [6, 6.07) is 9.66. The van der Waals surface area contributed by atoms with E-state index in [1.807, 2.05) is 0 Å². The first-order chi connectivity index (χ1) is 9.49. The van der Waals surface area contributed by atoms with Crippen LogP contribution in [0.15, 0.2) is 42.5 Å². The highest BCUT2D eigenvalue weighted by Crippen LogP contribution is 2.34. The maximum atomic E-state index is 13.1. The van der Waals surface area contributed by atoms with Gasteiger partial charge in [-0.1, -0.05) is 53.5 Å². The molecular weight excluding hydrogens is 304 g/mol. The minimum atomic E-state index is -1.09. The van der Waals surface area contributed by atoms with Crippen molar-refractivity contribution in [3.8, 4) is 0 Å². The zero-order chi connectivity index (χ0) is 14.7. The van der Waals surface area contributed by atoms with Gasteiger partial charge < -0.3 is 10.4 Å². The van der Waals surface area contributed by atoms with Gasteiger partial charge in [-0.25, -0.2) is 9.18 Å². The van der Waals surface area contributed by atoms with Crippen molar-refractivity contribution >= 4 is 34.9 Å². The number of nitrogens with one attached hydrogen (secondary N) is 1. The topological polar surface area (TPSA) is 49.3 Å². The summed E-state index contributed by atoms with van der Waals surface area (Å²) < 4.78 is 13.1. The molecule has 104 valence electrons. The van der Waals surface area contributed by atoms with Gasteiger partial charge in [0.15, 0.2) is 6.04 Å². The van der Waals surface area contributed by atoms with Crippen molar-refractivity contribution in [2.45, 2.75) is 6.04 Å². The fourth-order valence-electron chi connectivity index (χ4n) is 1.76. The second-order valence-corrected chi connectivity index (χ2v) is 4.89. The van der Waals surface area contributed by atoms with Crippen LogP contribution >= 0.6 is 23.2 Å². The first-order valence-electron chi connectivity index (χ1n) is 5.68. The summed E-state index contributed by atoms with van der Waals surface area (Å²) in [7, 11) is 0. The van der Waals surface area contributed by atoms with Crippen LogP contribution in [0.4, 0.5) is 10.1 Å². The van der Waals surface area contributed by atoms with Gasteiger partial charge in [0.25, 0.3) is 0 Å². The van der Waals surface area contributed by atoms with Gasteiger partial charge in [0.05, 0.1) is 15.7 Å². The molecule has 0 fully saturated rings. The van der Waals surface area contributed by atoms with E-state index in [4.69, 9.17) is 23.2 Å². The van der Waals surface area contributed by atoms with Crippen LogP contribution in [-0.2, 0) is 4.79 Å². The second kappa shape index (κ2) is 6.11. The maximum Gasteiger partial charge on any atom is 0.330 e. The molecule has 0 aromatic heterocycles. The Morgan fingerprint density at radius 1 is 1.15 bits per heavy atom. The smallest absolute Gasteiger partial charge is 0.330 e. The van der Waals surface area contributed by atoms with E-state index in [0.717, 1.165) is 12.1 Å². The zero-order valence-corrected chi connectivity index (χ0v) is 11.6. The van der Waals surface area contributed by atoms with E-state index in [0.29, 0.717) is 5.56 Å². The van der Waals surface area contributed by atoms with Gasteiger partial charge in [0.1, 0.15) is 5.82 Å². The standard InChI is InChI=1S/C14H10Cl2FNO2/c15-10-6-9(17)7-11(16)13(10)18-12(14(19)20)8-4-2-1-3-5-8/h1-7,12,18H,(H,19,20). The second-order valence-electron chi connectivity index (χ2n) is 4.07. The fourth-order valence-corrected chi connectivity index (χ4v) is 2.33. The Labute approximate surface area is 124 Å².